The molecule has 0 spiro atoms. The van der Waals surface area contributed by atoms with Gasteiger partial charge < -0.3 is 19.7 Å². The lowest BCUT2D eigenvalue weighted by Crippen LogP contribution is -2.44. The zero-order chi connectivity index (χ0) is 22.5. The van der Waals surface area contributed by atoms with Crippen LogP contribution in [0, 0.1) is 0 Å². The van der Waals surface area contributed by atoms with Gasteiger partial charge in [0.2, 0.25) is 0 Å². The smallest absolute Gasteiger partial charge is 0.139 e. The molecule has 1 aromatic carbocycles. The van der Waals surface area contributed by atoms with Crippen LogP contribution in [0.2, 0.25) is 5.02 Å². The fourth-order valence-corrected chi connectivity index (χ4v) is 5.27. The van der Waals surface area contributed by atoms with E-state index < -0.39 is 0 Å². The molecule has 5 heterocycles. The van der Waals surface area contributed by atoms with Crippen LogP contribution in [0.25, 0.3) is 33.4 Å². The van der Waals surface area contributed by atoms with Crippen LogP contribution in [0.4, 0.5) is 11.5 Å². The summed E-state index contributed by atoms with van der Waals surface area (Å²) in [6.45, 7) is 5.18. The lowest BCUT2D eigenvalue weighted by Gasteiger charge is -2.33. The molecule has 6 rings (SSSR count). The Hall–Kier alpha value is -3.09. The molecule has 4 aromatic rings. The van der Waals surface area contributed by atoms with E-state index in [0.717, 1.165) is 78.4 Å². The van der Waals surface area contributed by atoms with Crippen molar-refractivity contribution in [3.8, 4) is 22.4 Å². The van der Waals surface area contributed by atoms with E-state index >= 15 is 0 Å². The number of aromatic nitrogens is 3. The lowest BCUT2D eigenvalue weighted by atomic mass is 9.97. The molecule has 33 heavy (non-hydrogen) atoms. The minimum absolute atomic E-state index is 0.702. The second kappa shape index (κ2) is 8.04. The van der Waals surface area contributed by atoms with Gasteiger partial charge in [0.05, 0.1) is 10.7 Å². The summed E-state index contributed by atoms with van der Waals surface area (Å²) in [5, 5.41) is 1.66. The number of likely N-dealkylation sites (N-methyl/N-ethyl adjacent to an activating group) is 2. The second-order valence-electron chi connectivity index (χ2n) is 9.10. The topological polar surface area (TPSA) is 51.3 Å². The van der Waals surface area contributed by atoms with Crippen LogP contribution in [0.15, 0.2) is 48.8 Å². The third-order valence-electron chi connectivity index (χ3n) is 7.01. The van der Waals surface area contributed by atoms with Crippen molar-refractivity contribution in [2.24, 2.45) is 0 Å². The third kappa shape index (κ3) is 3.54. The molecule has 1 saturated heterocycles. The highest BCUT2D eigenvalue weighted by atomic mass is 35.5. The first kappa shape index (κ1) is 20.5. The van der Waals surface area contributed by atoms with Crippen molar-refractivity contribution in [2.75, 3.05) is 56.6 Å². The molecule has 3 aromatic heterocycles. The molecule has 168 valence electrons. The maximum Gasteiger partial charge on any atom is 0.139 e. The van der Waals surface area contributed by atoms with Gasteiger partial charge in [0.25, 0.3) is 0 Å². The van der Waals surface area contributed by atoms with E-state index in [1.807, 2.05) is 12.3 Å². The van der Waals surface area contributed by atoms with Gasteiger partial charge in [-0.3, -0.25) is 0 Å². The summed E-state index contributed by atoms with van der Waals surface area (Å²) in [5.74, 6) is 1.03. The highest BCUT2D eigenvalue weighted by molar-refractivity contribution is 6.36. The Morgan fingerprint density at radius 3 is 2.52 bits per heavy atom. The Balaban J connectivity index is 1.46. The summed E-state index contributed by atoms with van der Waals surface area (Å²) in [5.41, 5.74) is 7.74. The Kier molecular flexibility index (Phi) is 5.00. The summed E-state index contributed by atoms with van der Waals surface area (Å²) in [4.78, 5) is 20.0. The molecule has 2 aliphatic heterocycles. The van der Waals surface area contributed by atoms with Gasteiger partial charge in [-0.25, -0.2) is 9.97 Å². The zero-order valence-corrected chi connectivity index (χ0v) is 19.7. The molecule has 0 amide bonds. The molecule has 1 fully saturated rings. The summed E-state index contributed by atoms with van der Waals surface area (Å²) in [7, 11) is 4.32. The van der Waals surface area contributed by atoms with Crippen LogP contribution in [0.1, 0.15) is 5.56 Å². The van der Waals surface area contributed by atoms with Crippen molar-refractivity contribution in [3.05, 3.63) is 59.4 Å². The number of halogens is 1. The maximum absolute atomic E-state index is 6.70. The van der Waals surface area contributed by atoms with Gasteiger partial charge in [-0.05, 0) is 48.9 Å². The van der Waals surface area contributed by atoms with E-state index in [1.165, 1.54) is 11.3 Å². The zero-order valence-electron chi connectivity index (χ0n) is 19.0. The van der Waals surface area contributed by atoms with Crippen LogP contribution >= 0.6 is 11.6 Å². The molecule has 6 nitrogen and oxygen atoms in total. The monoisotopic (exact) mass is 458 g/mol. The molecule has 0 saturated carbocycles. The highest BCUT2D eigenvalue weighted by Gasteiger charge is 2.22. The highest BCUT2D eigenvalue weighted by Crippen LogP contribution is 2.42. The number of pyridine rings is 2. The average molecular weight is 459 g/mol. The fraction of sp³-hybridized carbons (Fsp3) is 0.308. The number of hydrogen-bond acceptors (Lipinski definition) is 5. The van der Waals surface area contributed by atoms with Crippen molar-refractivity contribution < 1.29 is 0 Å². The van der Waals surface area contributed by atoms with Crippen molar-refractivity contribution in [2.45, 2.75) is 6.42 Å². The standard InChI is InChI=1S/C26H27ClN6/c1-31-11-13-33(14-12-31)22-6-5-19(16-29-22)25-23(24-20(27)7-9-28-26(24)30-25)18-4-3-17-8-10-32(2)21(17)15-18/h3-7,9,15-16H,8,10-14H2,1-2H3,(H,28,30). The van der Waals surface area contributed by atoms with Gasteiger partial charge in [0.15, 0.2) is 0 Å². The number of benzene rings is 1. The van der Waals surface area contributed by atoms with Gasteiger partial charge in [0.1, 0.15) is 11.5 Å². The predicted molar refractivity (Wildman–Crippen MR) is 136 cm³/mol. The fourth-order valence-electron chi connectivity index (χ4n) is 5.03. The third-order valence-corrected chi connectivity index (χ3v) is 7.32. The quantitative estimate of drug-likeness (QED) is 0.482. The Morgan fingerprint density at radius 1 is 0.909 bits per heavy atom. The number of fused-ring (bicyclic) bond motifs is 2. The van der Waals surface area contributed by atoms with Gasteiger partial charge in [-0.1, -0.05) is 23.7 Å². The molecular weight excluding hydrogens is 432 g/mol. The molecule has 0 aliphatic carbocycles. The number of hydrogen-bond donors (Lipinski definition) is 1. The molecule has 2 aliphatic rings. The van der Waals surface area contributed by atoms with E-state index in [1.54, 1.807) is 6.20 Å². The van der Waals surface area contributed by atoms with E-state index in [9.17, 15) is 0 Å². The summed E-state index contributed by atoms with van der Waals surface area (Å²) < 4.78 is 0. The first-order valence-electron chi connectivity index (χ1n) is 11.5. The van der Waals surface area contributed by atoms with Gasteiger partial charge in [0, 0.05) is 74.4 Å². The number of nitrogens with zero attached hydrogens (tertiary/aromatic N) is 5. The van der Waals surface area contributed by atoms with Crippen molar-refractivity contribution >= 4 is 34.1 Å². The number of piperazine rings is 1. The predicted octanol–water partition coefficient (Wildman–Crippen LogP) is 4.69. The van der Waals surface area contributed by atoms with Crippen LogP contribution < -0.4 is 9.80 Å². The van der Waals surface area contributed by atoms with Gasteiger partial charge in [-0.2, -0.15) is 0 Å². The number of anilines is 2. The second-order valence-corrected chi connectivity index (χ2v) is 9.51. The van der Waals surface area contributed by atoms with Crippen molar-refractivity contribution in [1.29, 1.82) is 0 Å². The van der Waals surface area contributed by atoms with E-state index in [-0.39, 0.29) is 0 Å². The summed E-state index contributed by atoms with van der Waals surface area (Å²) in [6.07, 6.45) is 4.81. The number of rotatable bonds is 3. The minimum Gasteiger partial charge on any atom is -0.374 e. The van der Waals surface area contributed by atoms with Gasteiger partial charge >= 0.3 is 0 Å². The maximum atomic E-state index is 6.70. The lowest BCUT2D eigenvalue weighted by molar-refractivity contribution is 0.312. The first-order valence-corrected chi connectivity index (χ1v) is 11.9. The van der Waals surface area contributed by atoms with E-state index in [2.05, 4.69) is 69.1 Å². The number of H-pyrrole nitrogens is 1. The Labute approximate surface area is 198 Å². The molecule has 0 bridgehead atoms. The Bertz CT molecular complexity index is 1320. The molecular formula is C26H27ClN6. The molecule has 0 atom stereocenters. The Morgan fingerprint density at radius 2 is 1.73 bits per heavy atom. The van der Waals surface area contributed by atoms with Crippen LogP contribution in [-0.4, -0.2) is 66.7 Å². The normalized spacial score (nSPS) is 16.6. The first-order chi connectivity index (χ1) is 16.1. The number of aromatic amines is 1. The largest absolute Gasteiger partial charge is 0.374 e. The summed E-state index contributed by atoms with van der Waals surface area (Å²) in [6, 6.07) is 12.9. The molecule has 0 unspecified atom stereocenters. The van der Waals surface area contributed by atoms with E-state index in [4.69, 9.17) is 16.6 Å². The van der Waals surface area contributed by atoms with Crippen LogP contribution in [0.3, 0.4) is 0 Å². The van der Waals surface area contributed by atoms with E-state index in [0.29, 0.717) is 5.02 Å². The minimum atomic E-state index is 0.702. The average Bonchev–Trinajstić information content (AvgIpc) is 3.41. The van der Waals surface area contributed by atoms with Crippen molar-refractivity contribution in [3.63, 3.8) is 0 Å². The van der Waals surface area contributed by atoms with Crippen LogP contribution in [0.5, 0.6) is 0 Å². The summed E-state index contributed by atoms with van der Waals surface area (Å²) >= 11 is 6.70. The SMILES string of the molecule is CN1CCN(c2ccc(-c3[nH]c4nccc(Cl)c4c3-c3ccc4c(c3)N(C)CC4)cn2)CC1. The molecule has 1 N–H and O–H groups in total. The number of nitrogens with one attached hydrogen (secondary N) is 1. The molecule has 7 heteroatoms. The van der Waals surface area contributed by atoms with Crippen LogP contribution in [-0.2, 0) is 6.42 Å². The molecule has 0 radical (unpaired) electrons. The van der Waals surface area contributed by atoms with Crippen molar-refractivity contribution in [1.82, 2.24) is 19.9 Å². The van der Waals surface area contributed by atoms with Gasteiger partial charge in [-0.15, -0.1) is 0 Å².